The van der Waals surface area contributed by atoms with Crippen LogP contribution in [0.25, 0.3) is 65.3 Å². The lowest BCUT2D eigenvalue weighted by molar-refractivity contribution is 1.22. The minimum atomic E-state index is -1.28. The normalized spacial score (nSPS) is 11.3. The van der Waals surface area contributed by atoms with Gasteiger partial charge in [-0.2, -0.15) is 0 Å². The second-order valence-electron chi connectivity index (χ2n) is 23.4. The van der Waals surface area contributed by atoms with Gasteiger partial charge < -0.3 is 0 Å². The van der Waals surface area contributed by atoms with Crippen molar-refractivity contribution in [2.24, 2.45) is 0 Å². The molecule has 0 saturated heterocycles. The summed E-state index contributed by atoms with van der Waals surface area (Å²) in [7, 11) is 129. The first-order chi connectivity index (χ1) is 37.7. The molecule has 81 heavy (non-hydrogen) atoms. The summed E-state index contributed by atoms with van der Waals surface area (Å²) >= 11 is 0. The zero-order valence-electron chi connectivity index (χ0n) is 50.5. The molecule has 0 N–H and O–H groups in total. The summed E-state index contributed by atoms with van der Waals surface area (Å²) in [5.41, 5.74) is 22.7. The largest absolute Gasteiger partial charge is 0.113 e. The van der Waals surface area contributed by atoms with Crippen LogP contribution in [-0.2, 0) is 0 Å². The zero-order chi connectivity index (χ0) is 61.1. The first-order valence-corrected chi connectivity index (χ1v) is 27.9. The van der Waals surface area contributed by atoms with E-state index >= 15 is 0 Å². The predicted molar refractivity (Wildman–Crippen MR) is 400 cm³/mol. The van der Waals surface area contributed by atoms with Gasteiger partial charge in [0.15, 0.2) is 0 Å². The lowest BCUT2D eigenvalue weighted by Gasteiger charge is -2.42. The van der Waals surface area contributed by atoms with E-state index in [0.717, 1.165) is 66.1 Å². The first kappa shape index (κ1) is 66.2. The zero-order valence-corrected chi connectivity index (χ0v) is 50.5. The van der Waals surface area contributed by atoms with E-state index < -0.39 is 70.8 Å². The molecule has 337 valence electrons. The fraction of sp³-hybridized carbons (Fsp3) is 0.306. The van der Waals surface area contributed by atoms with E-state index in [1.54, 1.807) is 0 Å². The van der Waals surface area contributed by atoms with Crippen molar-refractivity contribution in [3.8, 4) is 22.3 Å². The van der Waals surface area contributed by atoms with Gasteiger partial charge in [-0.25, -0.2) is 0 Å². The molecule has 0 amide bonds. The molecule has 0 unspecified atom stereocenters. The minimum Gasteiger partial charge on any atom is -0.113 e. The molecule has 0 heterocycles. The smallest absolute Gasteiger partial charge is 0.113 e. The highest BCUT2D eigenvalue weighted by Gasteiger charge is 2.42. The monoisotopic (exact) mass is 986 g/mol. The molecular formula is C49H45B32. The van der Waals surface area contributed by atoms with Gasteiger partial charge in [-0.15, -0.1) is 16.4 Å². The summed E-state index contributed by atoms with van der Waals surface area (Å²) in [6, 6.07) is 0. The van der Waals surface area contributed by atoms with Gasteiger partial charge in [-0.3, -0.25) is 0 Å². The molecular weight excluding hydrogens is 935 g/mol. The molecule has 0 bridgehead atoms. The number of hydrogen-bond acceptors (Lipinski definition) is 0. The molecule has 7 rings (SSSR count). The average Bonchev–Trinajstić information content (AvgIpc) is 3.60. The van der Waals surface area contributed by atoms with Gasteiger partial charge in [0.05, 0.1) is 39.6 Å². The van der Waals surface area contributed by atoms with Crippen LogP contribution >= 0.6 is 0 Å². The van der Waals surface area contributed by atoms with Crippen molar-refractivity contribution in [1.82, 2.24) is 0 Å². The third-order valence-electron chi connectivity index (χ3n) is 19.4. The Balaban J connectivity index is 2.10. The quantitative estimate of drug-likeness (QED) is 0.0693. The summed E-state index contributed by atoms with van der Waals surface area (Å²) in [5, 5.41) is 7.33. The summed E-state index contributed by atoms with van der Waals surface area (Å²) in [4.78, 5) is 0. The van der Waals surface area contributed by atoms with Crippen molar-refractivity contribution in [2.75, 3.05) is 0 Å². The lowest BCUT2D eigenvalue weighted by Crippen LogP contribution is -2.80. The maximum Gasteiger partial charge on any atom is 0.113 e. The first-order valence-electron chi connectivity index (χ1n) is 27.9. The number of aryl methyl sites for hydroxylation is 7. The van der Waals surface area contributed by atoms with Crippen molar-refractivity contribution in [1.29, 1.82) is 0 Å². The van der Waals surface area contributed by atoms with Crippen molar-refractivity contribution in [2.45, 2.75) is 104 Å². The second-order valence-corrected chi connectivity index (χ2v) is 23.4. The van der Waals surface area contributed by atoms with Crippen LogP contribution in [0.2, 0.25) is 0 Å². The van der Waals surface area contributed by atoms with E-state index in [9.17, 15) is 0 Å². The highest BCUT2D eigenvalue weighted by atomic mass is 14.3. The molecule has 0 spiro atoms. The predicted octanol–water partition coefficient (Wildman–Crippen LogP) is -3.70. The third kappa shape index (κ3) is 10.3. The Kier molecular flexibility index (Phi) is 20.3. The van der Waals surface area contributed by atoms with Gasteiger partial charge in [0, 0.05) is 184 Å². The molecule has 39 radical (unpaired) electrons. The Morgan fingerprint density at radius 2 is 0.654 bits per heavy atom. The van der Waals surface area contributed by atoms with Crippen LogP contribution in [0.5, 0.6) is 0 Å². The van der Waals surface area contributed by atoms with Gasteiger partial charge in [-0.05, 0) is 253 Å². The molecule has 0 atom stereocenters. The molecule has 0 saturated carbocycles. The van der Waals surface area contributed by atoms with Crippen molar-refractivity contribution in [3.63, 3.8) is 0 Å². The average molecular weight is 980 g/mol. The summed E-state index contributed by atoms with van der Waals surface area (Å²) in [5.74, 6) is 0. The van der Waals surface area contributed by atoms with Gasteiger partial charge in [0.25, 0.3) is 0 Å². The Labute approximate surface area is 518 Å². The van der Waals surface area contributed by atoms with E-state index in [-0.39, 0.29) is 16.4 Å². The standard InChI is InChI=1S/C49H45B32/c1-16-18(3)25(10)33-31(22(16)7)24(9)20(5)27(12)35(33)39-34-26(11)19(4)17(2)23(8)32(34)30(15)38-36(39)28(13)21(6)29(14)37(38)40-41-42(43(50)44(68-51)45(40)71(54)55)47(75(80(65)66)81(67)70-53)49(74(78(61)62)79(63)64)48(73(69-52)77(59)60)46(41)72(56)76(57)58/h1-15H3. The Morgan fingerprint density at radius 1 is 0.284 bits per heavy atom. The highest BCUT2D eigenvalue weighted by molar-refractivity contribution is 7.89. The lowest BCUT2D eigenvalue weighted by atomic mass is 8.66. The van der Waals surface area contributed by atoms with E-state index in [0.29, 0.717) is 38.2 Å². The number of hydrogen-bond donors (Lipinski definition) is 0. The van der Waals surface area contributed by atoms with Crippen LogP contribution in [0.15, 0.2) is 0 Å². The molecule has 32 heteroatoms. The number of rotatable bonds is 16. The van der Waals surface area contributed by atoms with Crippen molar-refractivity contribution >= 4 is 313 Å². The minimum absolute atomic E-state index is 0.0871. The fourth-order valence-electron chi connectivity index (χ4n) is 14.1. The van der Waals surface area contributed by atoms with Gasteiger partial charge >= 0.3 is 0 Å². The van der Waals surface area contributed by atoms with Crippen LogP contribution < -0.4 is 38.2 Å². The molecule has 0 nitrogen and oxygen atoms in total. The van der Waals surface area contributed by atoms with Crippen molar-refractivity contribution < 1.29 is 0 Å². The molecule has 0 aliphatic carbocycles. The molecule has 7 aromatic rings. The highest BCUT2D eigenvalue weighted by Crippen LogP contribution is 2.53. The Hall–Kier alpha value is -2.34. The van der Waals surface area contributed by atoms with E-state index in [1.165, 1.54) is 87.7 Å². The third-order valence-corrected chi connectivity index (χ3v) is 19.4. The summed E-state index contributed by atoms with van der Waals surface area (Å²) < 4.78 is 0. The van der Waals surface area contributed by atoms with Crippen LogP contribution in [0.3, 0.4) is 0 Å². The Morgan fingerprint density at radius 3 is 1.02 bits per heavy atom. The van der Waals surface area contributed by atoms with E-state index in [1.807, 2.05) is 0 Å². The van der Waals surface area contributed by atoms with Gasteiger partial charge in [0.1, 0.15) is 7.85 Å². The van der Waals surface area contributed by atoms with Gasteiger partial charge in [-0.1, -0.05) is 21.9 Å². The fourth-order valence-corrected chi connectivity index (χ4v) is 14.1. The van der Waals surface area contributed by atoms with Crippen LogP contribution in [0.4, 0.5) is 0 Å². The van der Waals surface area contributed by atoms with Crippen LogP contribution in [0.1, 0.15) is 83.5 Å². The number of benzene rings is 7. The molecule has 0 aliphatic rings. The topological polar surface area (TPSA) is 0 Å². The summed E-state index contributed by atoms with van der Waals surface area (Å²) in [6.07, 6.45) is -7.41. The van der Waals surface area contributed by atoms with Crippen LogP contribution in [0, 0.1) is 104 Å². The van der Waals surface area contributed by atoms with Crippen molar-refractivity contribution in [3.05, 3.63) is 83.5 Å². The maximum atomic E-state index is 7.71. The van der Waals surface area contributed by atoms with Gasteiger partial charge in [0.2, 0.25) is 0 Å². The van der Waals surface area contributed by atoms with Crippen LogP contribution in [-0.4, -0.2) is 231 Å². The van der Waals surface area contributed by atoms with E-state index in [2.05, 4.69) is 104 Å². The maximum absolute atomic E-state index is 7.71. The SMILES string of the molecule is [B][B]B([B])B(B([B])[B])c1c(B(B([B])[B])B([B])[B])c(B([B][B])B([B])[B])c(B([B])B([B])[B])c2c(-c3c(C)c(C)c(C)c4c(-c5c(C)c(C)c(C)c6c(C)c(C)c(C)c(C)c56)c5c(C)c(C)c(C)c(C)c5c(C)c34)c(B([B])[B])c([B][B])c([B])c12. The molecule has 0 fully saturated rings. The second kappa shape index (κ2) is 24.8. The Bertz CT molecular complexity index is 3700. The number of fused-ring (bicyclic) bond motifs is 4. The molecule has 0 aromatic heterocycles. The molecule has 0 aliphatic heterocycles. The summed E-state index contributed by atoms with van der Waals surface area (Å²) in [6.45, 7) is 27.3. The molecule has 7 aromatic carbocycles. The van der Waals surface area contributed by atoms with E-state index in [4.69, 9.17) is 139 Å².